The molecule has 1 unspecified atom stereocenters. The molecular weight excluding hydrogens is 516 g/mol. The number of aliphatic hydroxyl groups is 2. The number of aliphatic hydroxyl groups excluding tert-OH is 2. The van der Waals surface area contributed by atoms with Gasteiger partial charge in [-0.1, -0.05) is 18.5 Å². The molecule has 13 heteroatoms. The quantitative estimate of drug-likeness (QED) is 0.206. The third-order valence-corrected chi connectivity index (χ3v) is 7.58. The van der Waals surface area contributed by atoms with Crippen molar-refractivity contribution < 1.29 is 15.0 Å². The Bertz CT molecular complexity index is 1450. The van der Waals surface area contributed by atoms with Crippen LogP contribution in [0.25, 0.3) is 22.1 Å². The molecule has 5 rings (SSSR count). The Morgan fingerprint density at radius 1 is 1.35 bits per heavy atom. The van der Waals surface area contributed by atoms with Crippen molar-refractivity contribution in [3.63, 3.8) is 0 Å². The van der Waals surface area contributed by atoms with Crippen LogP contribution < -0.4 is 16.0 Å². The van der Waals surface area contributed by atoms with E-state index in [0.717, 1.165) is 21.6 Å². The number of halogens is 1. The minimum atomic E-state index is -1.02. The molecule has 3 atom stereocenters. The first kappa shape index (κ1) is 25.6. The molecule has 1 saturated heterocycles. The lowest BCUT2D eigenvalue weighted by molar-refractivity contribution is -0.125. The van der Waals surface area contributed by atoms with Crippen LogP contribution in [0.15, 0.2) is 40.6 Å². The lowest BCUT2D eigenvalue weighted by Crippen LogP contribution is -2.43. The van der Waals surface area contributed by atoms with Crippen LogP contribution in [-0.4, -0.2) is 79.4 Å². The van der Waals surface area contributed by atoms with Gasteiger partial charge in [0.05, 0.1) is 40.1 Å². The summed E-state index contributed by atoms with van der Waals surface area (Å²) in [4.78, 5) is 37.3. The third kappa shape index (κ3) is 5.20. The number of aryl methyl sites for hydroxylation is 1. The number of amides is 1. The van der Waals surface area contributed by atoms with Crippen LogP contribution in [0.5, 0.6) is 0 Å². The van der Waals surface area contributed by atoms with Crippen LogP contribution in [0.1, 0.15) is 12.6 Å². The second kappa shape index (κ2) is 10.8. The number of anilines is 1. The SMILES string of the molecule is CCc1[nH]c2nc(Sc3cnc4cccnc4c3)nc(N3C[C@@H](N)[C@@H](C(=O)NCC(O)CO)C3)c2c1Cl. The van der Waals surface area contributed by atoms with Crippen molar-refractivity contribution in [3.8, 4) is 0 Å². The molecule has 0 aromatic carbocycles. The van der Waals surface area contributed by atoms with Crippen molar-refractivity contribution >= 4 is 57.2 Å². The van der Waals surface area contributed by atoms with E-state index in [1.165, 1.54) is 11.8 Å². The smallest absolute Gasteiger partial charge is 0.226 e. The van der Waals surface area contributed by atoms with E-state index < -0.39 is 24.7 Å². The summed E-state index contributed by atoms with van der Waals surface area (Å²) in [5.41, 5.74) is 9.38. The Balaban J connectivity index is 1.47. The lowest BCUT2D eigenvalue weighted by Gasteiger charge is -2.19. The Kier molecular flexibility index (Phi) is 7.45. The molecule has 1 amide bonds. The summed E-state index contributed by atoms with van der Waals surface area (Å²) in [6.45, 7) is 2.23. The monoisotopic (exact) mass is 542 g/mol. The molecule has 4 aromatic rings. The number of H-pyrrole nitrogens is 1. The van der Waals surface area contributed by atoms with Gasteiger partial charge in [0.25, 0.3) is 0 Å². The van der Waals surface area contributed by atoms with Gasteiger partial charge in [0, 0.05) is 48.7 Å². The molecule has 6 N–H and O–H groups in total. The molecule has 0 aliphatic carbocycles. The zero-order valence-electron chi connectivity index (χ0n) is 20.1. The number of rotatable bonds is 8. The van der Waals surface area contributed by atoms with E-state index in [4.69, 9.17) is 32.4 Å². The van der Waals surface area contributed by atoms with Gasteiger partial charge in [-0.25, -0.2) is 9.97 Å². The average molecular weight is 543 g/mol. The van der Waals surface area contributed by atoms with Gasteiger partial charge in [-0.3, -0.25) is 14.8 Å². The normalized spacial score (nSPS) is 18.6. The summed E-state index contributed by atoms with van der Waals surface area (Å²) in [6.07, 6.45) is 3.15. The number of pyridine rings is 2. The zero-order chi connectivity index (χ0) is 26.1. The first-order chi connectivity index (χ1) is 17.9. The van der Waals surface area contributed by atoms with E-state index in [-0.39, 0.29) is 12.5 Å². The summed E-state index contributed by atoms with van der Waals surface area (Å²) in [7, 11) is 0. The molecule has 194 valence electrons. The van der Waals surface area contributed by atoms with E-state index in [1.54, 1.807) is 12.4 Å². The van der Waals surface area contributed by atoms with Crippen LogP contribution in [-0.2, 0) is 11.2 Å². The summed E-state index contributed by atoms with van der Waals surface area (Å²) >= 11 is 8.09. The van der Waals surface area contributed by atoms with Crippen molar-refractivity contribution in [2.24, 2.45) is 11.7 Å². The summed E-state index contributed by atoms with van der Waals surface area (Å²) in [6, 6.07) is 5.23. The largest absolute Gasteiger partial charge is 0.394 e. The summed E-state index contributed by atoms with van der Waals surface area (Å²) < 4.78 is 0. The summed E-state index contributed by atoms with van der Waals surface area (Å²) in [5.74, 6) is -0.209. The van der Waals surface area contributed by atoms with E-state index in [2.05, 4.69) is 20.3 Å². The van der Waals surface area contributed by atoms with Gasteiger partial charge in [0.2, 0.25) is 5.91 Å². The number of nitrogens with two attached hydrogens (primary N) is 1. The van der Waals surface area contributed by atoms with E-state index in [1.807, 2.05) is 30.0 Å². The fraction of sp³-hybridized carbons (Fsp3) is 0.375. The number of nitrogens with one attached hydrogen (secondary N) is 2. The maximum Gasteiger partial charge on any atom is 0.226 e. The minimum absolute atomic E-state index is 0.0464. The van der Waals surface area contributed by atoms with Crippen molar-refractivity contribution in [3.05, 3.63) is 41.3 Å². The van der Waals surface area contributed by atoms with Crippen LogP contribution in [0.4, 0.5) is 5.82 Å². The van der Waals surface area contributed by atoms with Gasteiger partial charge in [-0.15, -0.1) is 0 Å². The fourth-order valence-electron chi connectivity index (χ4n) is 4.38. The number of aromatic amines is 1. The van der Waals surface area contributed by atoms with Crippen molar-refractivity contribution in [2.75, 3.05) is 31.1 Å². The highest BCUT2D eigenvalue weighted by Crippen LogP contribution is 2.38. The molecule has 5 heterocycles. The molecule has 4 aromatic heterocycles. The first-order valence-electron chi connectivity index (χ1n) is 11.9. The van der Waals surface area contributed by atoms with Crippen molar-refractivity contribution in [1.82, 2.24) is 30.2 Å². The standard InChI is InChI=1S/C24H27ClN8O3S/c1-2-16-20(25)19-21(30-16)31-24(37-13-6-18-17(28-8-13)4-3-5-27-18)32-22(19)33-9-14(15(26)10-33)23(36)29-7-12(35)11-34/h3-6,8,12,14-15,34-35H,2,7,9-11,26H2,1H3,(H,29,36)(H,30,31,32)/t12?,14-,15+/m0/s1. The Hall–Kier alpha value is -3.03. The van der Waals surface area contributed by atoms with Crippen molar-refractivity contribution in [2.45, 2.75) is 35.5 Å². The molecule has 1 aliphatic rings. The number of carbonyl (C=O) groups is 1. The van der Waals surface area contributed by atoms with Gasteiger partial charge < -0.3 is 31.1 Å². The molecule has 37 heavy (non-hydrogen) atoms. The fourth-order valence-corrected chi connectivity index (χ4v) is 5.49. The Morgan fingerprint density at radius 2 is 2.19 bits per heavy atom. The molecule has 0 radical (unpaired) electrons. The van der Waals surface area contributed by atoms with Gasteiger partial charge >= 0.3 is 0 Å². The van der Waals surface area contributed by atoms with Gasteiger partial charge in [-0.05, 0) is 36.4 Å². The average Bonchev–Trinajstić information content (AvgIpc) is 3.45. The Morgan fingerprint density at radius 3 is 2.97 bits per heavy atom. The number of aromatic nitrogens is 5. The maximum atomic E-state index is 12.8. The molecular formula is C24H27ClN8O3S. The number of hydrogen-bond donors (Lipinski definition) is 5. The predicted octanol–water partition coefficient (Wildman–Crippen LogP) is 1.50. The van der Waals surface area contributed by atoms with Crippen LogP contribution >= 0.6 is 23.4 Å². The molecule has 1 aliphatic heterocycles. The topological polar surface area (TPSA) is 166 Å². The van der Waals surface area contributed by atoms with Gasteiger partial charge in [0.1, 0.15) is 11.5 Å². The number of fused-ring (bicyclic) bond motifs is 2. The second-order valence-corrected chi connectivity index (χ2v) is 10.3. The predicted molar refractivity (Wildman–Crippen MR) is 142 cm³/mol. The Labute approximate surface area is 221 Å². The second-order valence-electron chi connectivity index (χ2n) is 8.90. The first-order valence-corrected chi connectivity index (χ1v) is 13.1. The zero-order valence-corrected chi connectivity index (χ0v) is 21.6. The molecule has 0 bridgehead atoms. The van der Waals surface area contributed by atoms with Gasteiger partial charge in [0.15, 0.2) is 5.16 Å². The lowest BCUT2D eigenvalue weighted by atomic mass is 10.0. The molecule has 0 saturated carbocycles. The van der Waals surface area contributed by atoms with Crippen LogP contribution in [0.3, 0.4) is 0 Å². The molecule has 11 nitrogen and oxygen atoms in total. The number of hydrogen-bond acceptors (Lipinski definition) is 10. The highest BCUT2D eigenvalue weighted by Gasteiger charge is 2.37. The number of nitrogens with zero attached hydrogens (tertiary/aromatic N) is 5. The van der Waals surface area contributed by atoms with E-state index in [0.29, 0.717) is 46.5 Å². The maximum absolute atomic E-state index is 12.8. The highest BCUT2D eigenvalue weighted by molar-refractivity contribution is 7.99. The van der Waals surface area contributed by atoms with Crippen LogP contribution in [0.2, 0.25) is 5.02 Å². The van der Waals surface area contributed by atoms with Crippen molar-refractivity contribution in [1.29, 1.82) is 0 Å². The molecule has 1 fully saturated rings. The third-order valence-electron chi connectivity index (χ3n) is 6.34. The number of carbonyl (C=O) groups excluding carboxylic acids is 1. The van der Waals surface area contributed by atoms with Gasteiger partial charge in [-0.2, -0.15) is 0 Å². The highest BCUT2D eigenvalue weighted by atomic mass is 35.5. The molecule has 0 spiro atoms. The minimum Gasteiger partial charge on any atom is -0.394 e. The van der Waals surface area contributed by atoms with Crippen LogP contribution in [0, 0.1) is 5.92 Å². The van der Waals surface area contributed by atoms with E-state index >= 15 is 0 Å². The van der Waals surface area contributed by atoms with E-state index in [9.17, 15) is 9.90 Å². The summed E-state index contributed by atoms with van der Waals surface area (Å²) in [5, 5.41) is 23.0.